The van der Waals surface area contributed by atoms with Crippen LogP contribution >= 0.6 is 11.6 Å². The zero-order chi connectivity index (χ0) is 15.4. The zero-order valence-corrected chi connectivity index (χ0v) is 12.9. The Morgan fingerprint density at radius 3 is 2.62 bits per heavy atom. The standard InChI is InChI=1S/C15H19ClN4O/c1-9(2)13-12(17)14(20-19-13)15(21)18-8-7-10-3-5-11(16)6-4-10/h3-6,9H,7-8,17H2,1-2H3,(H,18,21)(H,19,20). The number of H-pyrrole nitrogens is 1. The molecule has 2 rings (SSSR count). The van der Waals surface area contributed by atoms with Gasteiger partial charge >= 0.3 is 0 Å². The van der Waals surface area contributed by atoms with Crippen LogP contribution in [-0.2, 0) is 6.42 Å². The van der Waals surface area contributed by atoms with Gasteiger partial charge in [-0.3, -0.25) is 9.89 Å². The lowest BCUT2D eigenvalue weighted by molar-refractivity contribution is 0.0950. The summed E-state index contributed by atoms with van der Waals surface area (Å²) in [6.07, 6.45) is 0.726. The van der Waals surface area contributed by atoms with Crippen molar-refractivity contribution in [2.45, 2.75) is 26.2 Å². The number of nitrogens with zero attached hydrogens (tertiary/aromatic N) is 1. The molecular weight excluding hydrogens is 288 g/mol. The largest absolute Gasteiger partial charge is 0.395 e. The predicted molar refractivity (Wildman–Crippen MR) is 84.6 cm³/mol. The van der Waals surface area contributed by atoms with Crippen molar-refractivity contribution in [2.24, 2.45) is 0 Å². The van der Waals surface area contributed by atoms with Gasteiger partial charge in [-0.15, -0.1) is 0 Å². The van der Waals surface area contributed by atoms with Gasteiger partial charge in [0, 0.05) is 11.6 Å². The molecule has 0 bridgehead atoms. The van der Waals surface area contributed by atoms with Crippen molar-refractivity contribution in [1.82, 2.24) is 15.5 Å². The molecule has 112 valence electrons. The van der Waals surface area contributed by atoms with E-state index in [9.17, 15) is 4.79 Å². The van der Waals surface area contributed by atoms with E-state index in [1.54, 1.807) is 0 Å². The Hall–Kier alpha value is -2.01. The van der Waals surface area contributed by atoms with Gasteiger partial charge in [0.2, 0.25) is 0 Å². The van der Waals surface area contributed by atoms with Crippen molar-refractivity contribution in [3.8, 4) is 0 Å². The first kappa shape index (κ1) is 15.4. The fraction of sp³-hybridized carbons (Fsp3) is 0.333. The van der Waals surface area contributed by atoms with Crippen LogP contribution in [0.15, 0.2) is 24.3 Å². The maximum absolute atomic E-state index is 12.1. The van der Waals surface area contributed by atoms with E-state index in [4.69, 9.17) is 17.3 Å². The summed E-state index contributed by atoms with van der Waals surface area (Å²) in [4.78, 5) is 12.1. The van der Waals surface area contributed by atoms with E-state index in [1.165, 1.54) is 0 Å². The normalized spacial score (nSPS) is 10.9. The van der Waals surface area contributed by atoms with Crippen LogP contribution in [0.5, 0.6) is 0 Å². The molecular formula is C15H19ClN4O. The maximum atomic E-state index is 12.1. The highest BCUT2D eigenvalue weighted by molar-refractivity contribution is 6.30. The SMILES string of the molecule is CC(C)c1[nH]nc(C(=O)NCCc2ccc(Cl)cc2)c1N. The van der Waals surface area contributed by atoms with Crippen molar-refractivity contribution in [2.75, 3.05) is 12.3 Å². The molecule has 0 aliphatic heterocycles. The predicted octanol–water partition coefficient (Wildman–Crippen LogP) is 2.74. The molecule has 1 aromatic heterocycles. The van der Waals surface area contributed by atoms with E-state index in [1.807, 2.05) is 38.1 Å². The summed E-state index contributed by atoms with van der Waals surface area (Å²) in [6.45, 7) is 4.50. The van der Waals surface area contributed by atoms with Gasteiger partial charge in [-0.25, -0.2) is 0 Å². The monoisotopic (exact) mass is 306 g/mol. The fourth-order valence-corrected chi connectivity index (χ4v) is 2.16. The van der Waals surface area contributed by atoms with Crippen LogP contribution in [-0.4, -0.2) is 22.6 Å². The number of carbonyl (C=O) groups is 1. The van der Waals surface area contributed by atoms with E-state index in [0.717, 1.165) is 17.7 Å². The van der Waals surface area contributed by atoms with Crippen LogP contribution in [0.2, 0.25) is 5.02 Å². The lowest BCUT2D eigenvalue weighted by atomic mass is 10.1. The van der Waals surface area contributed by atoms with E-state index < -0.39 is 0 Å². The molecule has 0 saturated heterocycles. The molecule has 1 heterocycles. The molecule has 0 aliphatic carbocycles. The second kappa shape index (κ2) is 6.63. The van der Waals surface area contributed by atoms with Gasteiger partial charge in [0.25, 0.3) is 5.91 Å². The summed E-state index contributed by atoms with van der Waals surface area (Å²) in [7, 11) is 0. The second-order valence-electron chi connectivity index (χ2n) is 5.19. The number of amides is 1. The average Bonchev–Trinajstić information content (AvgIpc) is 2.83. The van der Waals surface area contributed by atoms with Crippen molar-refractivity contribution >= 4 is 23.2 Å². The number of aromatic nitrogens is 2. The number of aromatic amines is 1. The Morgan fingerprint density at radius 1 is 1.38 bits per heavy atom. The van der Waals surface area contributed by atoms with Crippen LogP contribution in [0.3, 0.4) is 0 Å². The van der Waals surface area contributed by atoms with Gasteiger partial charge in [0.1, 0.15) is 0 Å². The molecule has 4 N–H and O–H groups in total. The van der Waals surface area contributed by atoms with E-state index >= 15 is 0 Å². The second-order valence-corrected chi connectivity index (χ2v) is 5.62. The Labute approximate surface area is 128 Å². The molecule has 0 unspecified atom stereocenters. The first-order valence-corrected chi connectivity index (χ1v) is 7.23. The smallest absolute Gasteiger partial charge is 0.273 e. The van der Waals surface area contributed by atoms with E-state index in [2.05, 4.69) is 15.5 Å². The molecule has 0 saturated carbocycles. The van der Waals surface area contributed by atoms with Gasteiger partial charge in [-0.2, -0.15) is 5.10 Å². The van der Waals surface area contributed by atoms with Crippen molar-refractivity contribution < 1.29 is 4.79 Å². The molecule has 0 aliphatic rings. The highest BCUT2D eigenvalue weighted by Gasteiger charge is 2.18. The number of hydrogen-bond donors (Lipinski definition) is 3. The zero-order valence-electron chi connectivity index (χ0n) is 12.1. The van der Waals surface area contributed by atoms with Crippen molar-refractivity contribution in [3.05, 3.63) is 46.2 Å². The molecule has 0 spiro atoms. The molecule has 0 radical (unpaired) electrons. The van der Waals surface area contributed by atoms with Crippen LogP contribution in [0, 0.1) is 0 Å². The third-order valence-electron chi connectivity index (χ3n) is 3.24. The molecule has 2 aromatic rings. The molecule has 21 heavy (non-hydrogen) atoms. The average molecular weight is 307 g/mol. The van der Waals surface area contributed by atoms with Gasteiger partial charge in [0.05, 0.1) is 11.4 Å². The third kappa shape index (κ3) is 3.76. The maximum Gasteiger partial charge on any atom is 0.273 e. The number of carbonyl (C=O) groups excluding carboxylic acids is 1. The van der Waals surface area contributed by atoms with Gasteiger partial charge in [-0.05, 0) is 30.0 Å². The number of halogens is 1. The number of hydrogen-bond acceptors (Lipinski definition) is 3. The number of nitrogen functional groups attached to an aromatic ring is 1. The minimum absolute atomic E-state index is 0.202. The minimum Gasteiger partial charge on any atom is -0.395 e. The summed E-state index contributed by atoms with van der Waals surface area (Å²) in [5.74, 6) is -0.0577. The Kier molecular flexibility index (Phi) is 4.85. The highest BCUT2D eigenvalue weighted by atomic mass is 35.5. The van der Waals surface area contributed by atoms with Crippen molar-refractivity contribution in [3.63, 3.8) is 0 Å². The summed E-state index contributed by atoms with van der Waals surface area (Å²) in [5.41, 5.74) is 8.52. The summed E-state index contributed by atoms with van der Waals surface area (Å²) < 4.78 is 0. The van der Waals surface area contributed by atoms with Crippen LogP contribution in [0.4, 0.5) is 5.69 Å². The molecule has 0 fully saturated rings. The Morgan fingerprint density at radius 2 is 2.05 bits per heavy atom. The number of rotatable bonds is 5. The summed E-state index contributed by atoms with van der Waals surface area (Å²) >= 11 is 5.83. The van der Waals surface area contributed by atoms with Crippen molar-refractivity contribution in [1.29, 1.82) is 0 Å². The third-order valence-corrected chi connectivity index (χ3v) is 3.49. The van der Waals surface area contributed by atoms with E-state index in [-0.39, 0.29) is 17.5 Å². The van der Waals surface area contributed by atoms with Crippen LogP contribution < -0.4 is 11.1 Å². The number of anilines is 1. The minimum atomic E-state index is -0.260. The quantitative estimate of drug-likeness (QED) is 0.794. The number of nitrogens with two attached hydrogens (primary N) is 1. The first-order valence-electron chi connectivity index (χ1n) is 6.85. The van der Waals surface area contributed by atoms with Crippen LogP contribution in [0.25, 0.3) is 0 Å². The molecule has 6 heteroatoms. The van der Waals surface area contributed by atoms with Gasteiger partial charge in [-0.1, -0.05) is 37.6 Å². The van der Waals surface area contributed by atoms with Gasteiger partial charge < -0.3 is 11.1 Å². The van der Waals surface area contributed by atoms with E-state index in [0.29, 0.717) is 17.3 Å². The Balaban J connectivity index is 1.91. The number of nitrogens with one attached hydrogen (secondary N) is 2. The molecule has 1 aromatic carbocycles. The Bertz CT molecular complexity index is 619. The topological polar surface area (TPSA) is 83.8 Å². The fourth-order valence-electron chi connectivity index (χ4n) is 2.03. The first-order chi connectivity index (χ1) is 9.99. The molecule has 0 atom stereocenters. The molecule has 1 amide bonds. The number of benzene rings is 1. The summed E-state index contributed by atoms with van der Waals surface area (Å²) in [5, 5.41) is 10.3. The van der Waals surface area contributed by atoms with Gasteiger partial charge in [0.15, 0.2) is 5.69 Å². The highest BCUT2D eigenvalue weighted by Crippen LogP contribution is 2.21. The lowest BCUT2D eigenvalue weighted by Crippen LogP contribution is -2.26. The van der Waals surface area contributed by atoms with Crippen LogP contribution in [0.1, 0.15) is 41.5 Å². The molecule has 5 nitrogen and oxygen atoms in total. The lowest BCUT2D eigenvalue weighted by Gasteiger charge is -2.05. The summed E-state index contributed by atoms with van der Waals surface area (Å²) in [6, 6.07) is 7.54.